The summed E-state index contributed by atoms with van der Waals surface area (Å²) >= 11 is 0. The van der Waals surface area contributed by atoms with Gasteiger partial charge in [0.2, 0.25) is 0 Å². The lowest BCUT2D eigenvalue weighted by Gasteiger charge is -2.26. The van der Waals surface area contributed by atoms with Gasteiger partial charge in [0.05, 0.1) is 0 Å². The van der Waals surface area contributed by atoms with E-state index in [0.717, 1.165) is 0 Å². The molecular formula is C13H25N. The largest absolute Gasteiger partial charge is 0.381 e. The van der Waals surface area contributed by atoms with E-state index < -0.39 is 0 Å². The first-order chi connectivity index (χ1) is 6.29. The van der Waals surface area contributed by atoms with Crippen molar-refractivity contribution in [2.24, 2.45) is 11.8 Å². The lowest BCUT2D eigenvalue weighted by Crippen LogP contribution is -2.18. The van der Waals surface area contributed by atoms with Crippen LogP contribution in [0, 0.1) is 11.8 Å². The van der Waals surface area contributed by atoms with E-state index in [-0.39, 0.29) is 0 Å². The highest BCUT2D eigenvalue weighted by atomic mass is 15.1. The maximum absolute atomic E-state index is 4.16. The van der Waals surface area contributed by atoms with E-state index >= 15 is 0 Å². The summed E-state index contributed by atoms with van der Waals surface area (Å²) < 4.78 is 0. The summed E-state index contributed by atoms with van der Waals surface area (Å²) in [4.78, 5) is 2.20. The summed E-state index contributed by atoms with van der Waals surface area (Å²) in [5.74, 6) is 1.09. The second-order valence-electron chi connectivity index (χ2n) is 4.74. The highest BCUT2D eigenvalue weighted by molar-refractivity contribution is 5.32. The van der Waals surface area contributed by atoms with E-state index in [1.807, 2.05) is 0 Å². The van der Waals surface area contributed by atoms with Crippen LogP contribution in [-0.4, -0.2) is 19.0 Å². The van der Waals surface area contributed by atoms with E-state index in [4.69, 9.17) is 0 Å². The zero-order chi connectivity index (χ0) is 11.5. The average Bonchev–Trinajstić information content (AvgIpc) is 2.01. The number of hydrogen-bond acceptors (Lipinski definition) is 1. The van der Waals surface area contributed by atoms with Gasteiger partial charge in [-0.05, 0) is 29.9 Å². The molecule has 0 spiro atoms. The van der Waals surface area contributed by atoms with Gasteiger partial charge in [-0.1, -0.05) is 34.3 Å². The molecule has 0 aromatic rings. The van der Waals surface area contributed by atoms with Gasteiger partial charge in [0.15, 0.2) is 0 Å². The van der Waals surface area contributed by atoms with Crippen molar-refractivity contribution >= 4 is 0 Å². The van der Waals surface area contributed by atoms with Crippen molar-refractivity contribution in [1.82, 2.24) is 4.90 Å². The van der Waals surface area contributed by atoms with Gasteiger partial charge < -0.3 is 4.90 Å². The molecule has 0 aliphatic heterocycles. The molecule has 0 aliphatic rings. The molecule has 82 valence electrons. The number of allylic oxidation sites excluding steroid dienone is 3. The molecule has 0 atom stereocenters. The Morgan fingerprint density at radius 1 is 1.00 bits per heavy atom. The zero-order valence-corrected chi connectivity index (χ0v) is 10.8. The molecule has 0 unspecified atom stereocenters. The smallest absolute Gasteiger partial charge is 0.0186 e. The average molecular weight is 195 g/mol. The van der Waals surface area contributed by atoms with Crippen LogP contribution in [0.5, 0.6) is 0 Å². The topological polar surface area (TPSA) is 3.24 Å². The van der Waals surface area contributed by atoms with Crippen LogP contribution >= 0.6 is 0 Å². The Balaban J connectivity index is 5.10. The Labute approximate surface area is 89.5 Å². The predicted octanol–water partition coefficient (Wildman–Crippen LogP) is 3.69. The van der Waals surface area contributed by atoms with E-state index in [2.05, 4.69) is 60.2 Å². The second kappa shape index (κ2) is 5.23. The number of hydrogen-bond donors (Lipinski definition) is 0. The van der Waals surface area contributed by atoms with Crippen molar-refractivity contribution in [1.29, 1.82) is 0 Å². The van der Waals surface area contributed by atoms with E-state index in [9.17, 15) is 0 Å². The Kier molecular flexibility index (Phi) is 4.96. The van der Waals surface area contributed by atoms with E-state index in [1.165, 1.54) is 16.8 Å². The van der Waals surface area contributed by atoms with Gasteiger partial charge in [-0.2, -0.15) is 0 Å². The molecule has 0 amide bonds. The molecule has 0 rings (SSSR count). The molecule has 0 saturated carbocycles. The normalized spacial score (nSPS) is 13.2. The van der Waals surface area contributed by atoms with Gasteiger partial charge >= 0.3 is 0 Å². The predicted molar refractivity (Wildman–Crippen MR) is 65.2 cm³/mol. The Morgan fingerprint density at radius 3 is 1.64 bits per heavy atom. The summed E-state index contributed by atoms with van der Waals surface area (Å²) in [5, 5.41) is 0. The SMILES string of the molecule is C=C(/C(C)=C(/C(C)C)N(C)C)C(C)C. The zero-order valence-electron chi connectivity index (χ0n) is 10.8. The molecule has 14 heavy (non-hydrogen) atoms. The second-order valence-corrected chi connectivity index (χ2v) is 4.74. The van der Waals surface area contributed by atoms with Gasteiger partial charge in [-0.3, -0.25) is 0 Å². The minimum Gasteiger partial charge on any atom is -0.381 e. The van der Waals surface area contributed by atoms with Crippen LogP contribution in [-0.2, 0) is 0 Å². The molecule has 0 N–H and O–H groups in total. The molecule has 0 aromatic heterocycles. The van der Waals surface area contributed by atoms with Crippen LogP contribution in [0.1, 0.15) is 34.6 Å². The fourth-order valence-corrected chi connectivity index (χ4v) is 1.88. The number of nitrogens with zero attached hydrogens (tertiary/aromatic N) is 1. The van der Waals surface area contributed by atoms with Gasteiger partial charge in [0, 0.05) is 19.8 Å². The quantitative estimate of drug-likeness (QED) is 0.618. The van der Waals surface area contributed by atoms with Crippen molar-refractivity contribution in [3.05, 3.63) is 23.4 Å². The van der Waals surface area contributed by atoms with Gasteiger partial charge in [-0.25, -0.2) is 0 Å². The Morgan fingerprint density at radius 2 is 1.43 bits per heavy atom. The summed E-state index contributed by atoms with van der Waals surface area (Å²) in [7, 11) is 4.21. The molecule has 1 heteroatoms. The lowest BCUT2D eigenvalue weighted by molar-refractivity contribution is 0.439. The summed E-state index contributed by atoms with van der Waals surface area (Å²) in [5.41, 5.74) is 3.99. The molecule has 0 fully saturated rings. The van der Waals surface area contributed by atoms with Gasteiger partial charge in [0.25, 0.3) is 0 Å². The molecule has 0 bridgehead atoms. The fraction of sp³-hybridized carbons (Fsp3) is 0.692. The Hall–Kier alpha value is -0.720. The lowest BCUT2D eigenvalue weighted by atomic mass is 9.93. The third-order valence-corrected chi connectivity index (χ3v) is 2.59. The van der Waals surface area contributed by atoms with Crippen molar-refractivity contribution in [2.45, 2.75) is 34.6 Å². The first-order valence-corrected chi connectivity index (χ1v) is 5.36. The molecule has 1 nitrogen and oxygen atoms in total. The molecule has 0 heterocycles. The maximum Gasteiger partial charge on any atom is 0.0186 e. The fourth-order valence-electron chi connectivity index (χ4n) is 1.88. The summed E-state index contributed by atoms with van der Waals surface area (Å²) in [6.45, 7) is 15.2. The maximum atomic E-state index is 4.16. The summed E-state index contributed by atoms with van der Waals surface area (Å²) in [6, 6.07) is 0. The summed E-state index contributed by atoms with van der Waals surface area (Å²) in [6.07, 6.45) is 0. The van der Waals surface area contributed by atoms with Crippen LogP contribution in [0.3, 0.4) is 0 Å². The van der Waals surface area contributed by atoms with Crippen molar-refractivity contribution in [2.75, 3.05) is 14.1 Å². The first kappa shape index (κ1) is 13.3. The van der Waals surface area contributed by atoms with Crippen LogP contribution in [0.2, 0.25) is 0 Å². The molecule has 0 aromatic carbocycles. The van der Waals surface area contributed by atoms with E-state index in [1.54, 1.807) is 0 Å². The van der Waals surface area contributed by atoms with Gasteiger partial charge in [0.1, 0.15) is 0 Å². The molecule has 0 saturated heterocycles. The van der Waals surface area contributed by atoms with Crippen LogP contribution in [0.15, 0.2) is 23.4 Å². The van der Waals surface area contributed by atoms with Gasteiger partial charge in [-0.15, -0.1) is 0 Å². The standard InChI is InChI=1S/C13H25N/c1-9(2)11(5)12(6)13(10(3)4)14(7)8/h9-10H,5H2,1-4,6-8H3/b13-12-. The van der Waals surface area contributed by atoms with E-state index in [0.29, 0.717) is 11.8 Å². The highest BCUT2D eigenvalue weighted by Gasteiger charge is 2.13. The molecular weight excluding hydrogens is 170 g/mol. The highest BCUT2D eigenvalue weighted by Crippen LogP contribution is 2.25. The van der Waals surface area contributed by atoms with Crippen molar-refractivity contribution in [3.8, 4) is 0 Å². The molecule has 0 aliphatic carbocycles. The minimum absolute atomic E-state index is 0.531. The van der Waals surface area contributed by atoms with Crippen LogP contribution < -0.4 is 0 Å². The van der Waals surface area contributed by atoms with Crippen molar-refractivity contribution in [3.63, 3.8) is 0 Å². The van der Waals surface area contributed by atoms with Crippen LogP contribution in [0.25, 0.3) is 0 Å². The first-order valence-electron chi connectivity index (χ1n) is 5.36. The van der Waals surface area contributed by atoms with Crippen LogP contribution in [0.4, 0.5) is 0 Å². The third kappa shape index (κ3) is 3.21. The number of rotatable bonds is 4. The molecule has 0 radical (unpaired) electrons. The van der Waals surface area contributed by atoms with Crippen molar-refractivity contribution < 1.29 is 0 Å². The monoisotopic (exact) mass is 195 g/mol. The third-order valence-electron chi connectivity index (χ3n) is 2.59. The Bertz CT molecular complexity index is 222. The minimum atomic E-state index is 0.531.